The molecule has 2 fully saturated rings. The molecule has 0 bridgehead atoms. The number of hydrogen-bond donors (Lipinski definition) is 2. The summed E-state index contributed by atoms with van der Waals surface area (Å²) in [6.07, 6.45) is 0.398. The highest BCUT2D eigenvalue weighted by atomic mass is 32.1. The molecule has 3 atom stereocenters. The Labute approximate surface area is 75.3 Å². The SMILES string of the molecule is CC12CNC(c3cccs3)N1N2. The summed E-state index contributed by atoms with van der Waals surface area (Å²) in [5.74, 6) is 0. The van der Waals surface area contributed by atoms with Gasteiger partial charge < -0.3 is 0 Å². The zero-order chi connectivity index (χ0) is 8.18. The maximum Gasteiger partial charge on any atom is 0.111 e. The van der Waals surface area contributed by atoms with Crippen LogP contribution in [0.5, 0.6) is 0 Å². The van der Waals surface area contributed by atoms with E-state index in [0.717, 1.165) is 6.54 Å². The first kappa shape index (κ1) is 7.03. The molecule has 12 heavy (non-hydrogen) atoms. The van der Waals surface area contributed by atoms with E-state index < -0.39 is 0 Å². The van der Waals surface area contributed by atoms with Gasteiger partial charge in [0.05, 0.1) is 0 Å². The minimum Gasteiger partial charge on any atom is -0.293 e. The number of rotatable bonds is 1. The topological polar surface area (TPSA) is 37.0 Å². The Kier molecular flexibility index (Phi) is 1.22. The van der Waals surface area contributed by atoms with Crippen LogP contribution in [0.3, 0.4) is 0 Å². The highest BCUT2D eigenvalue weighted by Crippen LogP contribution is 2.39. The minimum atomic E-state index is 0.231. The normalized spacial score (nSPS) is 44.4. The number of hydrogen-bond acceptors (Lipinski definition) is 4. The molecule has 3 unspecified atom stereocenters. The molecule has 0 aromatic carbocycles. The van der Waals surface area contributed by atoms with Crippen molar-refractivity contribution in [3.8, 4) is 0 Å². The lowest BCUT2D eigenvalue weighted by Crippen LogP contribution is -2.27. The number of thiophene rings is 1. The Morgan fingerprint density at radius 1 is 1.75 bits per heavy atom. The summed E-state index contributed by atoms with van der Waals surface area (Å²) >= 11 is 1.81. The number of nitrogens with zero attached hydrogens (tertiary/aromatic N) is 1. The smallest absolute Gasteiger partial charge is 0.111 e. The van der Waals surface area contributed by atoms with E-state index in [0.29, 0.717) is 6.17 Å². The molecule has 4 heteroatoms. The van der Waals surface area contributed by atoms with E-state index in [2.05, 4.69) is 40.2 Å². The fourth-order valence-electron chi connectivity index (χ4n) is 1.77. The first-order valence-electron chi connectivity index (χ1n) is 4.14. The Morgan fingerprint density at radius 3 is 3.17 bits per heavy atom. The summed E-state index contributed by atoms with van der Waals surface area (Å²) in [5.41, 5.74) is 3.59. The van der Waals surface area contributed by atoms with Crippen LogP contribution in [0.4, 0.5) is 0 Å². The molecular formula is C8H11N3S. The van der Waals surface area contributed by atoms with Crippen molar-refractivity contribution in [2.45, 2.75) is 18.8 Å². The van der Waals surface area contributed by atoms with Crippen molar-refractivity contribution in [2.75, 3.05) is 6.54 Å². The van der Waals surface area contributed by atoms with Gasteiger partial charge in [0, 0.05) is 11.4 Å². The lowest BCUT2D eigenvalue weighted by atomic mass is 10.3. The predicted molar refractivity (Wildman–Crippen MR) is 48.4 cm³/mol. The van der Waals surface area contributed by atoms with Gasteiger partial charge in [-0.3, -0.25) is 5.32 Å². The average Bonchev–Trinajstić information content (AvgIpc) is 2.55. The highest BCUT2D eigenvalue weighted by Gasteiger charge is 2.56. The van der Waals surface area contributed by atoms with Crippen LogP contribution in [-0.2, 0) is 0 Å². The zero-order valence-corrected chi connectivity index (χ0v) is 7.69. The molecule has 1 aromatic rings. The summed E-state index contributed by atoms with van der Waals surface area (Å²) < 4.78 is 0. The minimum absolute atomic E-state index is 0.231. The Hall–Kier alpha value is -0.420. The van der Waals surface area contributed by atoms with E-state index in [9.17, 15) is 0 Å². The quantitative estimate of drug-likeness (QED) is 0.632. The van der Waals surface area contributed by atoms with Crippen molar-refractivity contribution in [3.63, 3.8) is 0 Å². The second-order valence-corrected chi connectivity index (χ2v) is 4.53. The first-order valence-corrected chi connectivity index (χ1v) is 5.01. The summed E-state index contributed by atoms with van der Waals surface area (Å²) in [7, 11) is 0. The second kappa shape index (κ2) is 2.09. The number of nitrogens with one attached hydrogen (secondary N) is 2. The standard InChI is InChI=1S/C8H11N3S/c1-8-5-9-7(11(8)10-8)6-3-2-4-12-6/h2-4,7,9-10H,5H2,1H3. The molecule has 3 heterocycles. The molecular weight excluding hydrogens is 170 g/mol. The molecule has 64 valence electrons. The molecule has 3 nitrogen and oxygen atoms in total. The van der Waals surface area contributed by atoms with Gasteiger partial charge in [0.1, 0.15) is 11.8 Å². The van der Waals surface area contributed by atoms with E-state index >= 15 is 0 Å². The van der Waals surface area contributed by atoms with Crippen LogP contribution in [-0.4, -0.2) is 17.2 Å². The van der Waals surface area contributed by atoms with Crippen molar-refractivity contribution >= 4 is 11.3 Å². The van der Waals surface area contributed by atoms with Gasteiger partial charge in [-0.25, -0.2) is 5.43 Å². The molecule has 2 saturated heterocycles. The Bertz CT molecular complexity index is 297. The van der Waals surface area contributed by atoms with Gasteiger partial charge in [0.25, 0.3) is 0 Å². The summed E-state index contributed by atoms with van der Waals surface area (Å²) in [6.45, 7) is 3.25. The summed E-state index contributed by atoms with van der Waals surface area (Å²) in [4.78, 5) is 1.39. The third-order valence-corrected chi connectivity index (χ3v) is 3.48. The summed E-state index contributed by atoms with van der Waals surface area (Å²) in [5, 5.41) is 7.87. The van der Waals surface area contributed by atoms with Crippen LogP contribution >= 0.6 is 11.3 Å². The predicted octanol–water partition coefficient (Wildman–Crippen LogP) is 0.886. The van der Waals surface area contributed by atoms with Crippen LogP contribution in [0.1, 0.15) is 18.0 Å². The molecule has 0 saturated carbocycles. The zero-order valence-electron chi connectivity index (χ0n) is 6.87. The van der Waals surface area contributed by atoms with Gasteiger partial charge in [0.15, 0.2) is 0 Å². The number of fused-ring (bicyclic) bond motifs is 1. The van der Waals surface area contributed by atoms with Gasteiger partial charge >= 0.3 is 0 Å². The van der Waals surface area contributed by atoms with E-state index in [1.807, 2.05) is 0 Å². The largest absolute Gasteiger partial charge is 0.293 e. The maximum absolute atomic E-state index is 3.47. The fraction of sp³-hybridized carbons (Fsp3) is 0.500. The van der Waals surface area contributed by atoms with E-state index in [4.69, 9.17) is 0 Å². The Morgan fingerprint density at radius 2 is 2.67 bits per heavy atom. The van der Waals surface area contributed by atoms with Crippen molar-refractivity contribution in [2.24, 2.45) is 0 Å². The van der Waals surface area contributed by atoms with Crippen molar-refractivity contribution < 1.29 is 0 Å². The average molecular weight is 181 g/mol. The monoisotopic (exact) mass is 181 g/mol. The van der Waals surface area contributed by atoms with E-state index in [1.54, 1.807) is 11.3 Å². The Balaban J connectivity index is 1.89. The van der Waals surface area contributed by atoms with Crippen molar-refractivity contribution in [1.82, 2.24) is 15.8 Å². The first-order chi connectivity index (χ1) is 5.80. The molecule has 2 aliphatic heterocycles. The number of hydrazine groups is 1. The van der Waals surface area contributed by atoms with Gasteiger partial charge in [-0.15, -0.1) is 11.3 Å². The molecule has 0 amide bonds. The molecule has 2 N–H and O–H groups in total. The van der Waals surface area contributed by atoms with Gasteiger partial charge in [-0.05, 0) is 18.4 Å². The van der Waals surface area contributed by atoms with E-state index in [1.165, 1.54) is 4.88 Å². The highest BCUT2D eigenvalue weighted by molar-refractivity contribution is 7.10. The van der Waals surface area contributed by atoms with E-state index in [-0.39, 0.29) is 5.66 Å². The summed E-state index contributed by atoms with van der Waals surface area (Å²) in [6, 6.07) is 4.27. The third kappa shape index (κ3) is 0.806. The van der Waals surface area contributed by atoms with Gasteiger partial charge in [-0.1, -0.05) is 6.07 Å². The van der Waals surface area contributed by atoms with Crippen LogP contribution in [0, 0.1) is 0 Å². The lowest BCUT2D eigenvalue weighted by molar-refractivity contribution is 0.365. The van der Waals surface area contributed by atoms with Crippen LogP contribution in [0.15, 0.2) is 17.5 Å². The third-order valence-electron chi connectivity index (χ3n) is 2.55. The molecule has 0 spiro atoms. The second-order valence-electron chi connectivity index (χ2n) is 3.55. The van der Waals surface area contributed by atoms with Crippen LogP contribution in [0.2, 0.25) is 0 Å². The molecule has 3 rings (SSSR count). The van der Waals surface area contributed by atoms with Crippen molar-refractivity contribution in [1.29, 1.82) is 0 Å². The molecule has 1 aromatic heterocycles. The van der Waals surface area contributed by atoms with Crippen molar-refractivity contribution in [3.05, 3.63) is 22.4 Å². The maximum atomic E-state index is 3.47. The lowest BCUT2D eigenvalue weighted by Gasteiger charge is -2.10. The molecule has 0 aliphatic carbocycles. The van der Waals surface area contributed by atoms with Gasteiger partial charge in [-0.2, -0.15) is 5.01 Å². The fourth-order valence-corrected chi connectivity index (χ4v) is 2.56. The molecule has 2 aliphatic rings. The molecule has 0 radical (unpaired) electrons. The van der Waals surface area contributed by atoms with Gasteiger partial charge in [0.2, 0.25) is 0 Å². The van der Waals surface area contributed by atoms with Crippen LogP contribution in [0.25, 0.3) is 0 Å². The van der Waals surface area contributed by atoms with Crippen LogP contribution < -0.4 is 10.7 Å².